The van der Waals surface area contributed by atoms with E-state index in [9.17, 15) is 9.90 Å². The zero-order chi connectivity index (χ0) is 15.1. The molecule has 0 fully saturated rings. The molecule has 0 bridgehead atoms. The van der Waals surface area contributed by atoms with Crippen molar-refractivity contribution in [1.29, 1.82) is 0 Å². The molecule has 1 N–H and O–H groups in total. The fraction of sp³-hybridized carbons (Fsp3) is 0.571. The van der Waals surface area contributed by atoms with E-state index in [4.69, 9.17) is 9.25 Å². The quantitative estimate of drug-likeness (QED) is 0.605. The summed E-state index contributed by atoms with van der Waals surface area (Å²) in [4.78, 5) is 17.1. The van der Waals surface area contributed by atoms with Crippen molar-refractivity contribution >= 4 is 21.6 Å². The van der Waals surface area contributed by atoms with Crippen LogP contribution in [0.3, 0.4) is 0 Å². The number of nitrogens with zero attached hydrogens (tertiary/aromatic N) is 1. The van der Waals surface area contributed by atoms with Crippen molar-refractivity contribution in [3.63, 3.8) is 0 Å². The lowest BCUT2D eigenvalue weighted by molar-refractivity contribution is 0.158. The Labute approximate surface area is 126 Å². The SMILES string of the molecule is CCCC(=NOCC)c1c(O)c(Br)c(CCC)oc1=O. The number of aromatic hydroxyl groups is 1. The monoisotopic (exact) mass is 345 g/mol. The van der Waals surface area contributed by atoms with Crippen molar-refractivity contribution in [1.82, 2.24) is 0 Å². The number of halogens is 1. The minimum absolute atomic E-state index is 0.0760. The average molecular weight is 346 g/mol. The molecule has 0 saturated carbocycles. The van der Waals surface area contributed by atoms with Gasteiger partial charge in [-0.15, -0.1) is 0 Å². The van der Waals surface area contributed by atoms with E-state index in [-0.39, 0.29) is 11.3 Å². The molecule has 1 aromatic rings. The molecular formula is C14H20BrNO4. The molecule has 0 radical (unpaired) electrons. The van der Waals surface area contributed by atoms with Gasteiger partial charge < -0.3 is 14.4 Å². The number of aryl methyl sites for hydroxylation is 1. The Balaban J connectivity index is 3.36. The Bertz CT molecular complexity index is 537. The predicted molar refractivity (Wildman–Crippen MR) is 81.4 cm³/mol. The molecule has 0 aliphatic heterocycles. The highest BCUT2D eigenvalue weighted by molar-refractivity contribution is 9.10. The van der Waals surface area contributed by atoms with E-state index in [1.165, 1.54) is 0 Å². The zero-order valence-electron chi connectivity index (χ0n) is 12.0. The lowest BCUT2D eigenvalue weighted by Gasteiger charge is -2.10. The van der Waals surface area contributed by atoms with Gasteiger partial charge in [0.25, 0.3) is 0 Å². The van der Waals surface area contributed by atoms with Crippen LogP contribution in [0.1, 0.15) is 51.4 Å². The first kappa shape index (κ1) is 16.8. The Kier molecular flexibility index (Phi) is 6.78. The highest BCUT2D eigenvalue weighted by atomic mass is 79.9. The molecule has 0 aromatic carbocycles. The Morgan fingerprint density at radius 1 is 1.35 bits per heavy atom. The molecule has 0 amide bonds. The van der Waals surface area contributed by atoms with Crippen molar-refractivity contribution in [2.24, 2.45) is 5.16 Å². The van der Waals surface area contributed by atoms with Crippen LogP contribution in [0.15, 0.2) is 18.8 Å². The largest absolute Gasteiger partial charge is 0.506 e. The Hall–Kier alpha value is -1.30. The summed E-state index contributed by atoms with van der Waals surface area (Å²) in [6.07, 6.45) is 2.70. The molecule has 112 valence electrons. The van der Waals surface area contributed by atoms with Crippen molar-refractivity contribution in [3.05, 3.63) is 26.2 Å². The molecule has 1 aromatic heterocycles. The van der Waals surface area contributed by atoms with Crippen molar-refractivity contribution in [2.75, 3.05) is 6.61 Å². The van der Waals surface area contributed by atoms with Gasteiger partial charge in [0.2, 0.25) is 0 Å². The third-order valence-corrected chi connectivity index (χ3v) is 3.48. The van der Waals surface area contributed by atoms with Gasteiger partial charge in [0.1, 0.15) is 23.7 Å². The number of hydrogen-bond donors (Lipinski definition) is 1. The number of oxime groups is 1. The summed E-state index contributed by atoms with van der Waals surface area (Å²) in [5.41, 5.74) is -0.0996. The fourth-order valence-corrected chi connectivity index (χ4v) is 2.26. The molecule has 0 saturated heterocycles. The van der Waals surface area contributed by atoms with Gasteiger partial charge in [-0.1, -0.05) is 25.4 Å². The summed E-state index contributed by atoms with van der Waals surface area (Å²) in [6.45, 7) is 6.13. The van der Waals surface area contributed by atoms with Crippen LogP contribution in [0.5, 0.6) is 5.75 Å². The molecule has 0 spiro atoms. The predicted octanol–water partition coefficient (Wildman–Crippen LogP) is 3.60. The van der Waals surface area contributed by atoms with Gasteiger partial charge in [0.15, 0.2) is 0 Å². The van der Waals surface area contributed by atoms with Gasteiger partial charge in [-0.05, 0) is 35.7 Å². The maximum Gasteiger partial charge on any atom is 0.349 e. The van der Waals surface area contributed by atoms with E-state index in [1.54, 1.807) is 6.92 Å². The average Bonchev–Trinajstić information content (AvgIpc) is 2.42. The lowest BCUT2D eigenvalue weighted by atomic mass is 10.1. The molecule has 0 unspecified atom stereocenters. The first-order valence-electron chi connectivity index (χ1n) is 6.80. The topological polar surface area (TPSA) is 72.0 Å². The van der Waals surface area contributed by atoms with Crippen LogP contribution < -0.4 is 5.63 Å². The van der Waals surface area contributed by atoms with E-state index < -0.39 is 5.63 Å². The second-order valence-corrected chi connectivity index (χ2v) is 5.10. The highest BCUT2D eigenvalue weighted by Gasteiger charge is 2.21. The zero-order valence-corrected chi connectivity index (χ0v) is 13.6. The van der Waals surface area contributed by atoms with Crippen LogP contribution in [0.2, 0.25) is 0 Å². The summed E-state index contributed by atoms with van der Waals surface area (Å²) < 4.78 is 5.68. The van der Waals surface area contributed by atoms with E-state index in [0.29, 0.717) is 35.4 Å². The molecule has 0 aliphatic carbocycles. The number of rotatable bonds is 7. The van der Waals surface area contributed by atoms with Gasteiger partial charge in [-0.3, -0.25) is 0 Å². The van der Waals surface area contributed by atoms with Crippen LogP contribution in [-0.2, 0) is 11.3 Å². The van der Waals surface area contributed by atoms with Crippen LogP contribution >= 0.6 is 15.9 Å². The van der Waals surface area contributed by atoms with Crippen LogP contribution in [-0.4, -0.2) is 17.4 Å². The second kappa shape index (κ2) is 8.09. The van der Waals surface area contributed by atoms with Crippen LogP contribution in [0.4, 0.5) is 0 Å². The molecule has 1 rings (SSSR count). The van der Waals surface area contributed by atoms with Crippen molar-refractivity contribution in [2.45, 2.75) is 46.5 Å². The molecular weight excluding hydrogens is 326 g/mol. The van der Waals surface area contributed by atoms with Gasteiger partial charge in [0, 0.05) is 6.42 Å². The summed E-state index contributed by atoms with van der Waals surface area (Å²) in [6, 6.07) is 0. The molecule has 1 heterocycles. The van der Waals surface area contributed by atoms with Crippen molar-refractivity contribution in [3.8, 4) is 5.75 Å². The highest BCUT2D eigenvalue weighted by Crippen LogP contribution is 2.31. The van der Waals surface area contributed by atoms with E-state index >= 15 is 0 Å². The number of hydrogen-bond acceptors (Lipinski definition) is 5. The first-order valence-corrected chi connectivity index (χ1v) is 7.59. The Morgan fingerprint density at radius 2 is 2.05 bits per heavy atom. The van der Waals surface area contributed by atoms with Crippen molar-refractivity contribution < 1.29 is 14.4 Å². The van der Waals surface area contributed by atoms with Gasteiger partial charge in [-0.2, -0.15) is 0 Å². The third-order valence-electron chi connectivity index (χ3n) is 2.67. The summed E-state index contributed by atoms with van der Waals surface area (Å²) in [5.74, 6) is 0.322. The summed E-state index contributed by atoms with van der Waals surface area (Å²) in [7, 11) is 0. The third kappa shape index (κ3) is 3.85. The van der Waals surface area contributed by atoms with Crippen LogP contribution in [0, 0.1) is 0 Å². The standard InChI is InChI=1S/C14H20BrNO4/c1-4-7-9(16-19-6-3)11-13(17)12(15)10(8-5-2)20-14(11)18/h17H,4-8H2,1-3H3. The van der Waals surface area contributed by atoms with Gasteiger partial charge >= 0.3 is 5.63 Å². The molecule has 5 nitrogen and oxygen atoms in total. The molecule has 6 heteroatoms. The molecule has 20 heavy (non-hydrogen) atoms. The van der Waals surface area contributed by atoms with Gasteiger partial charge in [0.05, 0.1) is 10.2 Å². The minimum atomic E-state index is -0.582. The van der Waals surface area contributed by atoms with E-state index in [2.05, 4.69) is 21.1 Å². The second-order valence-electron chi connectivity index (χ2n) is 4.31. The van der Waals surface area contributed by atoms with Gasteiger partial charge in [-0.25, -0.2) is 4.79 Å². The normalized spacial score (nSPS) is 11.7. The molecule has 0 atom stereocenters. The first-order chi connectivity index (χ1) is 9.56. The van der Waals surface area contributed by atoms with E-state index in [1.807, 2.05) is 13.8 Å². The van der Waals surface area contributed by atoms with E-state index in [0.717, 1.165) is 12.8 Å². The fourth-order valence-electron chi connectivity index (χ4n) is 1.78. The lowest BCUT2D eigenvalue weighted by Crippen LogP contribution is -2.17. The Morgan fingerprint density at radius 3 is 2.60 bits per heavy atom. The summed E-state index contributed by atoms with van der Waals surface area (Å²) >= 11 is 3.28. The smallest absolute Gasteiger partial charge is 0.349 e. The molecule has 0 aliphatic rings. The summed E-state index contributed by atoms with van der Waals surface area (Å²) in [5, 5.41) is 14.2. The maximum atomic E-state index is 12.1. The minimum Gasteiger partial charge on any atom is -0.506 e. The maximum absolute atomic E-state index is 12.1. The van der Waals surface area contributed by atoms with Crippen LogP contribution in [0.25, 0.3) is 0 Å².